The summed E-state index contributed by atoms with van der Waals surface area (Å²) in [4.78, 5) is 12.4. The molecule has 1 unspecified atom stereocenters. The molecule has 0 fully saturated rings. The lowest BCUT2D eigenvalue weighted by molar-refractivity contribution is -0.137. The smallest absolute Gasteiger partial charge is 0.416 e. The van der Waals surface area contributed by atoms with Crippen LogP contribution in [0.3, 0.4) is 0 Å². The summed E-state index contributed by atoms with van der Waals surface area (Å²) in [7, 11) is 0. The number of hydrogen-bond acceptors (Lipinski definition) is 3. The Balaban J connectivity index is 1.74. The molecule has 1 N–H and O–H groups in total. The molecular weight excluding hydrogens is 359 g/mol. The molecule has 1 heterocycles. The number of carbonyl (C=O) groups excluding carboxylic acids is 1. The van der Waals surface area contributed by atoms with E-state index >= 15 is 0 Å². The number of rotatable bonds is 3. The van der Waals surface area contributed by atoms with Crippen LogP contribution in [-0.4, -0.2) is 12.7 Å². The highest BCUT2D eigenvalue weighted by Gasteiger charge is 2.30. The van der Waals surface area contributed by atoms with E-state index in [2.05, 4.69) is 5.32 Å². The van der Waals surface area contributed by atoms with E-state index in [1.807, 2.05) is 0 Å². The molecule has 8 heteroatoms. The first-order chi connectivity index (χ1) is 11.8. The van der Waals surface area contributed by atoms with Gasteiger partial charge in [-0.15, -0.1) is 0 Å². The average molecular weight is 372 g/mol. The van der Waals surface area contributed by atoms with Crippen LogP contribution in [0.2, 0.25) is 5.02 Å². The number of nitrogens with one attached hydrogen (secondary N) is 1. The second-order valence-corrected chi connectivity index (χ2v) is 5.91. The lowest BCUT2D eigenvalue weighted by atomic mass is 10.1. The normalized spacial score (nSPS) is 14.3. The third-order valence-electron chi connectivity index (χ3n) is 3.78. The Morgan fingerprint density at radius 2 is 1.88 bits per heavy atom. The standard InChI is InChI=1S/C17H13ClF3NO3/c1-9(10-2-4-12(5-3-10)17(19,20)21)22-16(23)11-6-13(18)15-14(7-11)24-8-25-15/h2-7,9H,8H2,1H3,(H,22,23). The van der Waals surface area contributed by atoms with Gasteiger partial charge in [0.05, 0.1) is 16.6 Å². The fourth-order valence-corrected chi connectivity index (χ4v) is 2.69. The van der Waals surface area contributed by atoms with Gasteiger partial charge in [0.2, 0.25) is 6.79 Å². The monoisotopic (exact) mass is 371 g/mol. The highest BCUT2D eigenvalue weighted by molar-refractivity contribution is 6.32. The second-order valence-electron chi connectivity index (χ2n) is 5.51. The molecule has 25 heavy (non-hydrogen) atoms. The third-order valence-corrected chi connectivity index (χ3v) is 4.06. The number of ether oxygens (including phenoxy) is 2. The van der Waals surface area contributed by atoms with Gasteiger partial charge >= 0.3 is 6.18 Å². The zero-order chi connectivity index (χ0) is 18.2. The molecule has 0 saturated carbocycles. The summed E-state index contributed by atoms with van der Waals surface area (Å²) in [6.07, 6.45) is -4.39. The van der Waals surface area contributed by atoms with Crippen LogP contribution >= 0.6 is 11.6 Å². The average Bonchev–Trinajstić information content (AvgIpc) is 3.03. The third kappa shape index (κ3) is 3.66. The molecule has 4 nitrogen and oxygen atoms in total. The number of benzene rings is 2. The van der Waals surface area contributed by atoms with Gasteiger partial charge in [-0.05, 0) is 36.8 Å². The molecule has 2 aromatic carbocycles. The number of fused-ring (bicyclic) bond motifs is 1. The van der Waals surface area contributed by atoms with Crippen LogP contribution in [0.15, 0.2) is 36.4 Å². The Labute approximate surface area is 146 Å². The van der Waals surface area contributed by atoms with E-state index in [-0.39, 0.29) is 17.4 Å². The fourth-order valence-electron chi connectivity index (χ4n) is 2.42. The van der Waals surface area contributed by atoms with E-state index in [9.17, 15) is 18.0 Å². The summed E-state index contributed by atoms with van der Waals surface area (Å²) in [5, 5.41) is 2.97. The molecule has 0 aliphatic carbocycles. The molecule has 0 radical (unpaired) electrons. The van der Waals surface area contributed by atoms with E-state index in [1.54, 1.807) is 6.92 Å². The van der Waals surface area contributed by atoms with Crippen molar-refractivity contribution in [1.29, 1.82) is 0 Å². The highest BCUT2D eigenvalue weighted by atomic mass is 35.5. The van der Waals surface area contributed by atoms with Gasteiger partial charge in [-0.1, -0.05) is 23.7 Å². The first-order valence-electron chi connectivity index (χ1n) is 7.33. The van der Waals surface area contributed by atoms with Crippen molar-refractivity contribution >= 4 is 17.5 Å². The molecule has 1 aliphatic rings. The summed E-state index contributed by atoms with van der Waals surface area (Å²) in [5.41, 5.74) is 0.0820. The van der Waals surface area contributed by atoms with Crippen molar-refractivity contribution in [3.8, 4) is 11.5 Å². The van der Waals surface area contributed by atoms with Crippen molar-refractivity contribution in [1.82, 2.24) is 5.32 Å². The van der Waals surface area contributed by atoms with Crippen LogP contribution < -0.4 is 14.8 Å². The van der Waals surface area contributed by atoms with Gasteiger partial charge in [0.25, 0.3) is 5.91 Å². The van der Waals surface area contributed by atoms with E-state index in [0.717, 1.165) is 12.1 Å². The van der Waals surface area contributed by atoms with Crippen LogP contribution in [0, 0.1) is 0 Å². The first kappa shape index (κ1) is 17.4. The lowest BCUT2D eigenvalue weighted by Crippen LogP contribution is -2.26. The maximum atomic E-state index is 12.6. The van der Waals surface area contributed by atoms with Crippen molar-refractivity contribution in [2.75, 3.05) is 6.79 Å². The molecule has 1 aliphatic heterocycles. The molecule has 2 aromatic rings. The van der Waals surface area contributed by atoms with Crippen LogP contribution in [0.5, 0.6) is 11.5 Å². The van der Waals surface area contributed by atoms with Crippen molar-refractivity contribution in [2.45, 2.75) is 19.1 Å². The molecule has 0 bridgehead atoms. The Hall–Kier alpha value is -2.41. The summed E-state index contributed by atoms with van der Waals surface area (Å²) >= 11 is 6.04. The molecule has 0 spiro atoms. The Kier molecular flexibility index (Phi) is 4.51. The molecule has 1 atom stereocenters. The maximum Gasteiger partial charge on any atom is 0.416 e. The summed E-state index contributed by atoms with van der Waals surface area (Å²) in [5.74, 6) is 0.335. The van der Waals surface area contributed by atoms with Crippen LogP contribution in [-0.2, 0) is 6.18 Å². The lowest BCUT2D eigenvalue weighted by Gasteiger charge is -2.16. The number of hydrogen-bond donors (Lipinski definition) is 1. The molecule has 132 valence electrons. The summed E-state index contributed by atoms with van der Waals surface area (Å²) in [6.45, 7) is 1.71. The van der Waals surface area contributed by atoms with Crippen LogP contribution in [0.4, 0.5) is 13.2 Å². The molecule has 3 rings (SSSR count). The molecule has 1 amide bonds. The zero-order valence-electron chi connectivity index (χ0n) is 13.0. The van der Waals surface area contributed by atoms with Gasteiger partial charge in [-0.3, -0.25) is 4.79 Å². The number of halogens is 4. The fraction of sp³-hybridized carbons (Fsp3) is 0.235. The van der Waals surface area contributed by atoms with E-state index in [0.29, 0.717) is 17.1 Å². The van der Waals surface area contributed by atoms with Gasteiger partial charge in [0, 0.05) is 5.56 Å². The predicted molar refractivity (Wildman–Crippen MR) is 84.9 cm³/mol. The largest absolute Gasteiger partial charge is 0.454 e. The highest BCUT2D eigenvalue weighted by Crippen LogP contribution is 2.39. The van der Waals surface area contributed by atoms with E-state index in [1.165, 1.54) is 24.3 Å². The van der Waals surface area contributed by atoms with Gasteiger partial charge in [-0.25, -0.2) is 0 Å². The number of carbonyl (C=O) groups is 1. The van der Waals surface area contributed by atoms with Gasteiger partial charge in [-0.2, -0.15) is 13.2 Å². The minimum Gasteiger partial charge on any atom is -0.454 e. The Morgan fingerprint density at radius 3 is 2.52 bits per heavy atom. The van der Waals surface area contributed by atoms with Crippen molar-refractivity contribution in [3.05, 3.63) is 58.1 Å². The van der Waals surface area contributed by atoms with Crippen LogP contribution in [0.1, 0.15) is 34.5 Å². The maximum absolute atomic E-state index is 12.6. The second kappa shape index (κ2) is 6.48. The van der Waals surface area contributed by atoms with Gasteiger partial charge in [0.1, 0.15) is 0 Å². The molecule has 0 saturated heterocycles. The molecular formula is C17H13ClF3NO3. The van der Waals surface area contributed by atoms with Gasteiger partial charge in [0.15, 0.2) is 11.5 Å². The first-order valence-corrected chi connectivity index (χ1v) is 7.70. The SMILES string of the molecule is CC(NC(=O)c1cc(Cl)c2c(c1)OCO2)c1ccc(C(F)(F)F)cc1. The quantitative estimate of drug-likeness (QED) is 0.859. The van der Waals surface area contributed by atoms with E-state index < -0.39 is 23.7 Å². The van der Waals surface area contributed by atoms with Crippen LogP contribution in [0.25, 0.3) is 0 Å². The predicted octanol–water partition coefficient (Wildman–Crippen LogP) is 4.58. The van der Waals surface area contributed by atoms with Crippen molar-refractivity contribution in [3.63, 3.8) is 0 Å². The minimum atomic E-state index is -4.39. The summed E-state index contributed by atoms with van der Waals surface area (Å²) in [6, 6.07) is 7.09. The van der Waals surface area contributed by atoms with Crippen molar-refractivity contribution < 1.29 is 27.4 Å². The summed E-state index contributed by atoms with van der Waals surface area (Å²) < 4.78 is 48.2. The Morgan fingerprint density at radius 1 is 1.20 bits per heavy atom. The van der Waals surface area contributed by atoms with E-state index in [4.69, 9.17) is 21.1 Å². The number of alkyl halides is 3. The minimum absolute atomic E-state index is 0.0298. The van der Waals surface area contributed by atoms with Gasteiger partial charge < -0.3 is 14.8 Å². The topological polar surface area (TPSA) is 47.6 Å². The Bertz CT molecular complexity index is 806. The van der Waals surface area contributed by atoms with Crippen molar-refractivity contribution in [2.24, 2.45) is 0 Å². The number of amides is 1. The zero-order valence-corrected chi connectivity index (χ0v) is 13.7. The molecule has 0 aromatic heterocycles.